The molecule has 0 saturated heterocycles. The Kier molecular flexibility index (Phi) is 5.83. The number of ether oxygens (including phenoxy) is 1. The quantitative estimate of drug-likeness (QED) is 0.772. The number of hydrogen-bond acceptors (Lipinski definition) is 3. The second kappa shape index (κ2) is 8.30. The predicted molar refractivity (Wildman–Crippen MR) is 109 cm³/mol. The molecule has 0 aromatic heterocycles. The van der Waals surface area contributed by atoms with Crippen LogP contribution in [0.3, 0.4) is 0 Å². The zero-order valence-electron chi connectivity index (χ0n) is 16.8. The molecule has 2 aromatic carbocycles. The lowest BCUT2D eigenvalue weighted by molar-refractivity contribution is -0.136. The van der Waals surface area contributed by atoms with Crippen LogP contribution in [0.15, 0.2) is 53.7 Å². The van der Waals surface area contributed by atoms with Gasteiger partial charge in [0.25, 0.3) is 0 Å². The van der Waals surface area contributed by atoms with E-state index in [1.807, 2.05) is 51.1 Å². The molecule has 3 rings (SSSR count). The Bertz CT molecular complexity index is 909. The first-order valence-corrected chi connectivity index (χ1v) is 9.41. The van der Waals surface area contributed by atoms with E-state index in [-0.39, 0.29) is 6.03 Å². The van der Waals surface area contributed by atoms with Gasteiger partial charge in [-0.05, 0) is 55.9 Å². The minimum atomic E-state index is -0.535. The summed E-state index contributed by atoms with van der Waals surface area (Å²) < 4.78 is 5.07. The molecule has 1 heterocycles. The van der Waals surface area contributed by atoms with E-state index in [0.717, 1.165) is 34.2 Å². The lowest BCUT2D eigenvalue weighted by atomic mass is 9.87. The molecule has 2 aromatic rings. The predicted octanol–water partition coefficient (Wildman–Crippen LogP) is 4.03. The third-order valence-electron chi connectivity index (χ3n) is 5.09. The third-order valence-corrected chi connectivity index (χ3v) is 5.09. The van der Waals surface area contributed by atoms with E-state index in [4.69, 9.17) is 4.74 Å². The van der Waals surface area contributed by atoms with E-state index in [9.17, 15) is 9.59 Å². The lowest BCUT2D eigenvalue weighted by Gasteiger charge is -2.31. The van der Waals surface area contributed by atoms with E-state index in [1.165, 1.54) is 7.11 Å². The molecule has 1 aliphatic heterocycles. The molecule has 0 bridgehead atoms. The fourth-order valence-corrected chi connectivity index (χ4v) is 3.94. The summed E-state index contributed by atoms with van der Waals surface area (Å²) in [6.07, 6.45) is 1.26. The summed E-state index contributed by atoms with van der Waals surface area (Å²) in [5.74, 6) is -0.431. The van der Waals surface area contributed by atoms with Crippen LogP contribution in [0.1, 0.15) is 40.3 Å². The standard InChI is InChI=1S/C23H26N2O3/c1-14-12-15(2)19(16(3)13-14)21-20(22(26)28-4)18(24-23(27)25-21)11-10-17-8-6-5-7-9-17/h5-9,12-13,21H,10-11H2,1-4H3,(H2,24,25,27). The average Bonchev–Trinajstić information content (AvgIpc) is 2.65. The number of carbonyl (C=O) groups is 2. The summed E-state index contributed by atoms with van der Waals surface area (Å²) in [6, 6.07) is 13.3. The summed E-state index contributed by atoms with van der Waals surface area (Å²) in [5.41, 5.74) is 6.38. The van der Waals surface area contributed by atoms with Crippen LogP contribution >= 0.6 is 0 Å². The number of amides is 2. The van der Waals surface area contributed by atoms with Gasteiger partial charge >= 0.3 is 12.0 Å². The highest BCUT2D eigenvalue weighted by atomic mass is 16.5. The zero-order valence-corrected chi connectivity index (χ0v) is 16.8. The maximum atomic E-state index is 12.7. The first kappa shape index (κ1) is 19.7. The van der Waals surface area contributed by atoms with Gasteiger partial charge < -0.3 is 15.4 Å². The number of aryl methyl sites for hydroxylation is 4. The molecule has 5 heteroatoms. The lowest BCUT2D eigenvalue weighted by Crippen LogP contribution is -2.46. The number of hydrogen-bond donors (Lipinski definition) is 2. The highest BCUT2D eigenvalue weighted by Crippen LogP contribution is 2.33. The smallest absolute Gasteiger partial charge is 0.337 e. The van der Waals surface area contributed by atoms with Crippen molar-refractivity contribution in [2.24, 2.45) is 0 Å². The van der Waals surface area contributed by atoms with Crippen molar-refractivity contribution in [1.29, 1.82) is 0 Å². The molecule has 28 heavy (non-hydrogen) atoms. The van der Waals surface area contributed by atoms with Crippen molar-refractivity contribution in [3.63, 3.8) is 0 Å². The molecule has 0 aliphatic carbocycles. The Hall–Kier alpha value is -3.08. The van der Waals surface area contributed by atoms with Gasteiger partial charge in [0.1, 0.15) is 0 Å². The number of benzene rings is 2. The van der Waals surface area contributed by atoms with Gasteiger partial charge in [-0.2, -0.15) is 0 Å². The zero-order chi connectivity index (χ0) is 20.3. The summed E-state index contributed by atoms with van der Waals surface area (Å²) in [7, 11) is 1.37. The fourth-order valence-electron chi connectivity index (χ4n) is 3.94. The van der Waals surface area contributed by atoms with Gasteiger partial charge in [-0.1, -0.05) is 48.0 Å². The minimum absolute atomic E-state index is 0.305. The van der Waals surface area contributed by atoms with E-state index in [1.54, 1.807) is 0 Å². The van der Waals surface area contributed by atoms with Gasteiger partial charge in [0, 0.05) is 5.70 Å². The number of esters is 1. The number of nitrogens with one attached hydrogen (secondary N) is 2. The van der Waals surface area contributed by atoms with Crippen molar-refractivity contribution < 1.29 is 14.3 Å². The van der Waals surface area contributed by atoms with E-state index in [0.29, 0.717) is 17.7 Å². The maximum Gasteiger partial charge on any atom is 0.337 e. The molecule has 0 saturated carbocycles. The molecule has 1 aliphatic rings. The Morgan fingerprint density at radius 3 is 2.29 bits per heavy atom. The molecule has 5 nitrogen and oxygen atoms in total. The van der Waals surface area contributed by atoms with Crippen LogP contribution in [0, 0.1) is 20.8 Å². The Labute approximate surface area is 165 Å². The molecule has 1 atom stereocenters. The highest BCUT2D eigenvalue weighted by molar-refractivity contribution is 5.95. The van der Waals surface area contributed by atoms with Crippen molar-refractivity contribution >= 4 is 12.0 Å². The number of carbonyl (C=O) groups excluding carboxylic acids is 2. The second-order valence-electron chi connectivity index (χ2n) is 7.21. The minimum Gasteiger partial charge on any atom is -0.466 e. The summed E-state index contributed by atoms with van der Waals surface area (Å²) in [5, 5.41) is 5.75. The molecule has 0 radical (unpaired) electrons. The van der Waals surface area contributed by atoms with Crippen LogP contribution < -0.4 is 10.6 Å². The number of rotatable bonds is 5. The third kappa shape index (κ3) is 4.09. The van der Waals surface area contributed by atoms with Crippen LogP contribution in [-0.2, 0) is 16.0 Å². The fraction of sp³-hybridized carbons (Fsp3) is 0.304. The van der Waals surface area contributed by atoms with Crippen LogP contribution in [0.5, 0.6) is 0 Å². The Morgan fingerprint density at radius 2 is 1.68 bits per heavy atom. The average molecular weight is 378 g/mol. The monoisotopic (exact) mass is 378 g/mol. The molecule has 2 N–H and O–H groups in total. The second-order valence-corrected chi connectivity index (χ2v) is 7.21. The van der Waals surface area contributed by atoms with Gasteiger partial charge in [-0.25, -0.2) is 9.59 Å². The van der Waals surface area contributed by atoms with Crippen LogP contribution in [-0.4, -0.2) is 19.1 Å². The van der Waals surface area contributed by atoms with Gasteiger partial charge in [0.15, 0.2) is 0 Å². The first-order chi connectivity index (χ1) is 13.4. The van der Waals surface area contributed by atoms with Gasteiger partial charge in [0.2, 0.25) is 0 Å². The summed E-state index contributed by atoms with van der Waals surface area (Å²) in [6.45, 7) is 6.04. The molecular formula is C23H26N2O3. The largest absolute Gasteiger partial charge is 0.466 e. The van der Waals surface area contributed by atoms with Crippen molar-refractivity contribution in [3.8, 4) is 0 Å². The van der Waals surface area contributed by atoms with Crippen LogP contribution in [0.2, 0.25) is 0 Å². The van der Waals surface area contributed by atoms with Crippen molar-refractivity contribution in [1.82, 2.24) is 10.6 Å². The summed E-state index contributed by atoms with van der Waals surface area (Å²) in [4.78, 5) is 25.1. The molecule has 2 amide bonds. The Balaban J connectivity index is 2.05. The van der Waals surface area contributed by atoms with Crippen molar-refractivity contribution in [3.05, 3.63) is 81.6 Å². The SMILES string of the molecule is COC(=O)C1=C(CCc2ccccc2)NC(=O)NC1c1c(C)cc(C)cc1C. The number of urea groups is 1. The van der Waals surface area contributed by atoms with Crippen molar-refractivity contribution in [2.75, 3.05) is 7.11 Å². The van der Waals surface area contributed by atoms with Gasteiger partial charge in [-0.15, -0.1) is 0 Å². The topological polar surface area (TPSA) is 67.4 Å². The number of methoxy groups -OCH3 is 1. The van der Waals surface area contributed by atoms with Crippen LogP contribution in [0.4, 0.5) is 4.79 Å². The van der Waals surface area contributed by atoms with E-state index >= 15 is 0 Å². The molecule has 0 fully saturated rings. The van der Waals surface area contributed by atoms with Crippen LogP contribution in [0.25, 0.3) is 0 Å². The molecule has 0 spiro atoms. The molecular weight excluding hydrogens is 352 g/mol. The Morgan fingerprint density at radius 1 is 1.04 bits per heavy atom. The highest BCUT2D eigenvalue weighted by Gasteiger charge is 2.34. The van der Waals surface area contributed by atoms with Gasteiger partial charge in [0.05, 0.1) is 18.7 Å². The van der Waals surface area contributed by atoms with E-state index in [2.05, 4.69) is 22.8 Å². The van der Waals surface area contributed by atoms with E-state index < -0.39 is 12.0 Å². The van der Waals surface area contributed by atoms with Crippen molar-refractivity contribution in [2.45, 2.75) is 39.7 Å². The van der Waals surface area contributed by atoms with Gasteiger partial charge in [-0.3, -0.25) is 0 Å². The molecule has 1 unspecified atom stereocenters. The number of allylic oxidation sites excluding steroid dienone is 1. The maximum absolute atomic E-state index is 12.7. The normalized spacial score (nSPS) is 16.4. The summed E-state index contributed by atoms with van der Waals surface area (Å²) >= 11 is 0. The molecule has 146 valence electrons. The first-order valence-electron chi connectivity index (χ1n) is 9.41.